The molecule has 1 aromatic heterocycles. The van der Waals surface area contributed by atoms with Gasteiger partial charge in [-0.25, -0.2) is 0 Å². The molecule has 0 atom stereocenters. The van der Waals surface area contributed by atoms with Crippen LogP contribution in [0.2, 0.25) is 0 Å². The lowest BCUT2D eigenvalue weighted by Gasteiger charge is -2.33. The van der Waals surface area contributed by atoms with Gasteiger partial charge >= 0.3 is 0 Å². The molecule has 1 heterocycles. The number of ketones is 1. The molecular weight excluding hydrogens is 224 g/mol. The number of benzene rings is 1. The van der Waals surface area contributed by atoms with E-state index in [1.165, 1.54) is 10.9 Å². The second kappa shape index (κ2) is 3.99. The number of carbonyl (C=O) groups is 1. The van der Waals surface area contributed by atoms with Gasteiger partial charge in [-0.2, -0.15) is 5.26 Å². The normalized spacial score (nSPS) is 17.4. The van der Waals surface area contributed by atoms with Crippen LogP contribution in [0.25, 0.3) is 10.9 Å². The number of rotatable bonds is 3. The molecule has 1 N–H and O–H groups in total. The van der Waals surface area contributed by atoms with Gasteiger partial charge in [0.05, 0.1) is 11.5 Å². The van der Waals surface area contributed by atoms with E-state index in [1.54, 1.807) is 0 Å². The lowest BCUT2D eigenvalue weighted by Crippen LogP contribution is -2.36. The fraction of sp³-hybridized carbons (Fsp3) is 0.333. The van der Waals surface area contributed by atoms with Crippen LogP contribution in [0.15, 0.2) is 30.5 Å². The summed E-state index contributed by atoms with van der Waals surface area (Å²) in [5, 5.41) is 10.4. The summed E-state index contributed by atoms with van der Waals surface area (Å²) < 4.78 is 0. The Balaban J connectivity index is 1.78. The lowest BCUT2D eigenvalue weighted by molar-refractivity contribution is -0.130. The zero-order chi connectivity index (χ0) is 12.6. The molecule has 1 aromatic carbocycles. The Morgan fingerprint density at radius 3 is 2.83 bits per heavy atom. The summed E-state index contributed by atoms with van der Waals surface area (Å²) >= 11 is 0. The number of carbonyl (C=O) groups excluding carboxylic acids is 1. The number of aryl methyl sites for hydroxylation is 1. The summed E-state index contributed by atoms with van der Waals surface area (Å²) in [5.74, 6) is 0.218. The molecule has 0 radical (unpaired) electrons. The second-order valence-corrected chi connectivity index (χ2v) is 5.14. The second-order valence-electron chi connectivity index (χ2n) is 5.14. The molecule has 3 heteroatoms. The minimum Gasteiger partial charge on any atom is -0.361 e. The molecule has 2 aromatic rings. The fourth-order valence-electron chi connectivity index (χ4n) is 2.73. The van der Waals surface area contributed by atoms with Crippen molar-refractivity contribution in [3.8, 4) is 6.07 Å². The SMILES string of the molecule is N#CC1(CCc2c[nH]c3ccccc23)CC(=O)C1. The molecule has 0 saturated heterocycles. The van der Waals surface area contributed by atoms with Gasteiger partial charge in [0, 0.05) is 29.9 Å². The molecule has 3 rings (SSSR count). The molecule has 1 saturated carbocycles. The van der Waals surface area contributed by atoms with E-state index in [1.807, 2.05) is 24.4 Å². The number of para-hydroxylation sites is 1. The molecule has 0 aliphatic heterocycles. The van der Waals surface area contributed by atoms with Crippen molar-refractivity contribution >= 4 is 16.7 Å². The van der Waals surface area contributed by atoms with Gasteiger partial charge in [-0.3, -0.25) is 4.79 Å². The average Bonchev–Trinajstić information content (AvgIpc) is 2.76. The zero-order valence-electron chi connectivity index (χ0n) is 10.1. The standard InChI is InChI=1S/C15H14N2O/c16-10-15(7-12(18)8-15)6-5-11-9-17-14-4-2-1-3-13(11)14/h1-4,9,17H,5-8H2. The summed E-state index contributed by atoms with van der Waals surface area (Å²) in [6.07, 6.45) is 4.51. The van der Waals surface area contributed by atoms with Crippen LogP contribution in [-0.2, 0) is 11.2 Å². The molecule has 0 amide bonds. The number of aromatic amines is 1. The molecule has 0 unspecified atom stereocenters. The number of nitrogens with one attached hydrogen (secondary N) is 1. The Hall–Kier alpha value is -2.08. The van der Waals surface area contributed by atoms with E-state index in [-0.39, 0.29) is 5.78 Å². The zero-order valence-corrected chi connectivity index (χ0v) is 10.1. The number of hydrogen-bond acceptors (Lipinski definition) is 2. The van der Waals surface area contributed by atoms with Crippen molar-refractivity contribution in [1.82, 2.24) is 4.98 Å². The van der Waals surface area contributed by atoms with Crippen LogP contribution in [0.4, 0.5) is 0 Å². The van der Waals surface area contributed by atoms with Gasteiger partial charge in [-0.05, 0) is 24.5 Å². The highest BCUT2D eigenvalue weighted by atomic mass is 16.1. The summed E-state index contributed by atoms with van der Waals surface area (Å²) in [7, 11) is 0. The van der Waals surface area contributed by atoms with Gasteiger partial charge in [-0.15, -0.1) is 0 Å². The third-order valence-electron chi connectivity index (χ3n) is 3.86. The van der Waals surface area contributed by atoms with E-state index in [4.69, 9.17) is 0 Å². The fourth-order valence-corrected chi connectivity index (χ4v) is 2.73. The molecule has 0 bridgehead atoms. The third-order valence-corrected chi connectivity index (χ3v) is 3.86. The van der Waals surface area contributed by atoms with E-state index < -0.39 is 5.41 Å². The van der Waals surface area contributed by atoms with Crippen molar-refractivity contribution in [2.45, 2.75) is 25.7 Å². The maximum Gasteiger partial charge on any atom is 0.136 e. The van der Waals surface area contributed by atoms with Gasteiger partial charge in [0.15, 0.2) is 0 Å². The van der Waals surface area contributed by atoms with Crippen LogP contribution in [0, 0.1) is 16.7 Å². The largest absolute Gasteiger partial charge is 0.361 e. The number of aromatic nitrogens is 1. The highest BCUT2D eigenvalue weighted by molar-refractivity contribution is 5.87. The van der Waals surface area contributed by atoms with Crippen molar-refractivity contribution in [3.63, 3.8) is 0 Å². The third kappa shape index (κ3) is 1.70. The number of Topliss-reactive ketones (excluding diaryl/α,β-unsaturated/α-hetero) is 1. The van der Waals surface area contributed by atoms with Gasteiger partial charge in [0.1, 0.15) is 5.78 Å². The first-order valence-electron chi connectivity index (χ1n) is 6.20. The Morgan fingerprint density at radius 2 is 2.11 bits per heavy atom. The van der Waals surface area contributed by atoms with Crippen molar-refractivity contribution in [3.05, 3.63) is 36.0 Å². The molecule has 3 nitrogen and oxygen atoms in total. The van der Waals surface area contributed by atoms with Crippen molar-refractivity contribution < 1.29 is 4.79 Å². The molecule has 90 valence electrons. The van der Waals surface area contributed by atoms with Gasteiger partial charge in [0.2, 0.25) is 0 Å². The lowest BCUT2D eigenvalue weighted by atomic mass is 9.66. The van der Waals surface area contributed by atoms with Crippen molar-refractivity contribution in [1.29, 1.82) is 5.26 Å². The predicted octanol–water partition coefficient (Wildman–Crippen LogP) is 2.97. The molecule has 1 aliphatic carbocycles. The minimum atomic E-state index is -0.393. The van der Waals surface area contributed by atoms with E-state index >= 15 is 0 Å². The summed E-state index contributed by atoms with van der Waals surface area (Å²) in [4.78, 5) is 14.3. The van der Waals surface area contributed by atoms with Gasteiger partial charge < -0.3 is 4.98 Å². The average molecular weight is 238 g/mol. The molecule has 0 spiro atoms. The van der Waals surface area contributed by atoms with Crippen LogP contribution in [0.5, 0.6) is 0 Å². The van der Waals surface area contributed by atoms with Crippen LogP contribution in [0.3, 0.4) is 0 Å². The summed E-state index contributed by atoms with van der Waals surface area (Å²) in [6.45, 7) is 0. The number of H-pyrrole nitrogens is 1. The number of nitrogens with zero attached hydrogens (tertiary/aromatic N) is 1. The van der Waals surface area contributed by atoms with Crippen LogP contribution >= 0.6 is 0 Å². The van der Waals surface area contributed by atoms with E-state index in [0.717, 1.165) is 18.4 Å². The van der Waals surface area contributed by atoms with Crippen molar-refractivity contribution in [2.24, 2.45) is 5.41 Å². The van der Waals surface area contributed by atoms with Crippen LogP contribution < -0.4 is 0 Å². The molecule has 1 aliphatic rings. The molecular formula is C15H14N2O. The molecule has 18 heavy (non-hydrogen) atoms. The van der Waals surface area contributed by atoms with E-state index in [9.17, 15) is 10.1 Å². The Kier molecular flexibility index (Phi) is 2.45. The Bertz CT molecular complexity index is 640. The highest BCUT2D eigenvalue weighted by Gasteiger charge is 2.43. The quantitative estimate of drug-likeness (QED) is 0.893. The van der Waals surface area contributed by atoms with Gasteiger partial charge in [0.25, 0.3) is 0 Å². The first-order valence-corrected chi connectivity index (χ1v) is 6.20. The first-order chi connectivity index (χ1) is 8.72. The number of hydrogen-bond donors (Lipinski definition) is 1. The summed E-state index contributed by atoms with van der Waals surface area (Å²) in [6, 6.07) is 10.5. The predicted molar refractivity (Wildman–Crippen MR) is 68.9 cm³/mol. The Labute approximate surface area is 105 Å². The van der Waals surface area contributed by atoms with Crippen LogP contribution in [0.1, 0.15) is 24.8 Å². The topological polar surface area (TPSA) is 56.6 Å². The first kappa shape index (κ1) is 11.0. The number of nitriles is 1. The molecule has 1 fully saturated rings. The van der Waals surface area contributed by atoms with E-state index in [0.29, 0.717) is 12.8 Å². The smallest absolute Gasteiger partial charge is 0.136 e. The maximum atomic E-state index is 11.1. The van der Waals surface area contributed by atoms with Crippen LogP contribution in [-0.4, -0.2) is 10.8 Å². The Morgan fingerprint density at radius 1 is 1.33 bits per heavy atom. The minimum absolute atomic E-state index is 0.218. The number of fused-ring (bicyclic) bond motifs is 1. The summed E-state index contributed by atoms with van der Waals surface area (Å²) in [5.41, 5.74) is 1.97. The van der Waals surface area contributed by atoms with E-state index in [2.05, 4.69) is 17.1 Å². The van der Waals surface area contributed by atoms with Gasteiger partial charge in [-0.1, -0.05) is 18.2 Å². The highest BCUT2D eigenvalue weighted by Crippen LogP contribution is 2.41. The monoisotopic (exact) mass is 238 g/mol. The van der Waals surface area contributed by atoms with Crippen molar-refractivity contribution in [2.75, 3.05) is 0 Å². The maximum absolute atomic E-state index is 11.1.